The van der Waals surface area contributed by atoms with Gasteiger partial charge in [0.05, 0.1) is 6.54 Å². The first kappa shape index (κ1) is 13.5. The van der Waals surface area contributed by atoms with Crippen molar-refractivity contribution in [2.45, 2.75) is 13.5 Å². The molecule has 0 saturated heterocycles. The molecule has 0 radical (unpaired) electrons. The number of hydrogen-bond acceptors (Lipinski definition) is 4. The summed E-state index contributed by atoms with van der Waals surface area (Å²) in [5.74, 6) is -0.404. The van der Waals surface area contributed by atoms with E-state index in [1.54, 1.807) is 35.7 Å². The summed E-state index contributed by atoms with van der Waals surface area (Å²) < 4.78 is 1.37. The first-order valence-corrected chi connectivity index (χ1v) is 7.32. The third kappa shape index (κ3) is 2.57. The quantitative estimate of drug-likeness (QED) is 0.804. The molecule has 5 nitrogen and oxygen atoms in total. The molecule has 0 fully saturated rings. The van der Waals surface area contributed by atoms with Gasteiger partial charge in [-0.05, 0) is 36.1 Å². The molecule has 0 unspecified atom stereocenters. The molecule has 0 aliphatic heterocycles. The van der Waals surface area contributed by atoms with Crippen LogP contribution in [0.25, 0.3) is 5.65 Å². The molecule has 0 aromatic carbocycles. The van der Waals surface area contributed by atoms with Crippen molar-refractivity contribution in [3.8, 4) is 0 Å². The molecule has 1 amide bonds. The van der Waals surface area contributed by atoms with Crippen LogP contribution in [0.1, 0.15) is 20.8 Å². The first-order valence-electron chi connectivity index (χ1n) is 6.44. The van der Waals surface area contributed by atoms with Gasteiger partial charge in [-0.15, -0.1) is 11.3 Å². The first-order chi connectivity index (χ1) is 10.2. The van der Waals surface area contributed by atoms with Gasteiger partial charge in [-0.1, -0.05) is 6.07 Å². The molecule has 3 aromatic rings. The van der Waals surface area contributed by atoms with Crippen LogP contribution in [0.3, 0.4) is 0 Å². The van der Waals surface area contributed by atoms with E-state index in [1.807, 2.05) is 18.4 Å². The fourth-order valence-electron chi connectivity index (χ4n) is 2.02. The van der Waals surface area contributed by atoms with E-state index in [-0.39, 0.29) is 11.1 Å². The third-order valence-electron chi connectivity index (χ3n) is 3.24. The van der Waals surface area contributed by atoms with Crippen LogP contribution in [0.15, 0.2) is 46.8 Å². The van der Waals surface area contributed by atoms with Crippen LogP contribution in [-0.2, 0) is 6.54 Å². The van der Waals surface area contributed by atoms with Gasteiger partial charge in [-0.2, -0.15) is 0 Å². The van der Waals surface area contributed by atoms with Crippen LogP contribution in [0.5, 0.6) is 0 Å². The van der Waals surface area contributed by atoms with E-state index in [0.29, 0.717) is 12.2 Å². The van der Waals surface area contributed by atoms with Gasteiger partial charge in [-0.3, -0.25) is 14.0 Å². The Kier molecular flexibility index (Phi) is 3.53. The molecule has 0 saturated carbocycles. The van der Waals surface area contributed by atoms with Crippen molar-refractivity contribution in [1.29, 1.82) is 0 Å². The van der Waals surface area contributed by atoms with Gasteiger partial charge < -0.3 is 5.32 Å². The van der Waals surface area contributed by atoms with Crippen molar-refractivity contribution in [2.75, 3.05) is 0 Å². The number of aromatic nitrogens is 2. The molecule has 0 spiro atoms. The van der Waals surface area contributed by atoms with Crippen molar-refractivity contribution in [3.05, 3.63) is 68.4 Å². The van der Waals surface area contributed by atoms with Crippen LogP contribution in [0.4, 0.5) is 0 Å². The summed E-state index contributed by atoms with van der Waals surface area (Å²) in [5, 5.41) is 4.74. The summed E-state index contributed by atoms with van der Waals surface area (Å²) >= 11 is 1.58. The lowest BCUT2D eigenvalue weighted by molar-refractivity contribution is 0.0949. The number of rotatable bonds is 3. The zero-order valence-electron chi connectivity index (χ0n) is 11.4. The number of pyridine rings is 1. The number of nitrogens with zero attached hydrogens (tertiary/aromatic N) is 2. The lowest BCUT2D eigenvalue weighted by Crippen LogP contribution is -2.31. The number of hydrogen-bond donors (Lipinski definition) is 1. The maximum Gasteiger partial charge on any atom is 0.270 e. The van der Waals surface area contributed by atoms with E-state index in [2.05, 4.69) is 10.3 Å². The van der Waals surface area contributed by atoms with Crippen LogP contribution in [0, 0.1) is 6.92 Å². The second kappa shape index (κ2) is 5.49. The van der Waals surface area contributed by atoms with E-state index in [9.17, 15) is 9.59 Å². The fourth-order valence-corrected chi connectivity index (χ4v) is 2.87. The number of carbonyl (C=O) groups is 1. The Morgan fingerprint density at radius 2 is 2.24 bits per heavy atom. The lowest BCUT2D eigenvalue weighted by Gasteiger charge is -2.05. The number of aryl methyl sites for hydroxylation is 1. The van der Waals surface area contributed by atoms with E-state index in [0.717, 1.165) is 10.4 Å². The maximum atomic E-state index is 12.3. The lowest BCUT2D eigenvalue weighted by atomic mass is 10.2. The Morgan fingerprint density at radius 3 is 3.00 bits per heavy atom. The fraction of sp³-hybridized carbons (Fsp3) is 0.133. The molecule has 21 heavy (non-hydrogen) atoms. The highest BCUT2D eigenvalue weighted by atomic mass is 32.1. The van der Waals surface area contributed by atoms with E-state index < -0.39 is 5.91 Å². The minimum Gasteiger partial charge on any atom is -0.347 e. The predicted octanol–water partition coefficient (Wildman–Crippen LogP) is 1.99. The van der Waals surface area contributed by atoms with Crippen molar-refractivity contribution < 1.29 is 4.79 Å². The highest BCUT2D eigenvalue weighted by Crippen LogP contribution is 2.14. The highest BCUT2D eigenvalue weighted by Gasteiger charge is 2.13. The van der Waals surface area contributed by atoms with Gasteiger partial charge in [0.2, 0.25) is 0 Å². The second-order valence-corrected chi connectivity index (χ2v) is 5.62. The van der Waals surface area contributed by atoms with Gasteiger partial charge in [0.1, 0.15) is 11.2 Å². The SMILES string of the molecule is Cc1ccsc1CNC(=O)c1cnc2ccccn2c1=O. The number of thiophene rings is 1. The maximum absolute atomic E-state index is 12.3. The summed E-state index contributed by atoms with van der Waals surface area (Å²) in [5.41, 5.74) is 1.34. The van der Waals surface area contributed by atoms with Crippen LogP contribution < -0.4 is 10.9 Å². The van der Waals surface area contributed by atoms with Gasteiger partial charge in [0, 0.05) is 17.3 Å². The molecule has 3 aromatic heterocycles. The van der Waals surface area contributed by atoms with Crippen molar-refractivity contribution in [2.24, 2.45) is 0 Å². The Labute approximate surface area is 124 Å². The topological polar surface area (TPSA) is 63.5 Å². The predicted molar refractivity (Wildman–Crippen MR) is 81.7 cm³/mol. The summed E-state index contributed by atoms with van der Waals surface area (Å²) in [7, 11) is 0. The average molecular weight is 299 g/mol. The van der Waals surface area contributed by atoms with Crippen molar-refractivity contribution >= 4 is 22.9 Å². The largest absolute Gasteiger partial charge is 0.347 e. The second-order valence-electron chi connectivity index (χ2n) is 4.62. The molecular weight excluding hydrogens is 286 g/mol. The third-order valence-corrected chi connectivity index (χ3v) is 4.26. The van der Waals surface area contributed by atoms with Gasteiger partial charge in [0.25, 0.3) is 11.5 Å². The number of amides is 1. The van der Waals surface area contributed by atoms with Gasteiger partial charge in [0.15, 0.2) is 0 Å². The van der Waals surface area contributed by atoms with E-state index >= 15 is 0 Å². The molecule has 0 aliphatic carbocycles. The Morgan fingerprint density at radius 1 is 1.38 bits per heavy atom. The number of carbonyl (C=O) groups excluding carboxylic acids is 1. The Hall–Kier alpha value is -2.47. The van der Waals surface area contributed by atoms with Crippen LogP contribution in [0.2, 0.25) is 0 Å². The summed E-state index contributed by atoms with van der Waals surface area (Å²) in [4.78, 5) is 29.6. The molecule has 1 N–H and O–H groups in total. The molecule has 106 valence electrons. The van der Waals surface area contributed by atoms with Crippen LogP contribution >= 0.6 is 11.3 Å². The molecule has 0 bridgehead atoms. The smallest absolute Gasteiger partial charge is 0.270 e. The Balaban J connectivity index is 1.86. The molecule has 6 heteroatoms. The van der Waals surface area contributed by atoms with Crippen molar-refractivity contribution in [1.82, 2.24) is 14.7 Å². The minimum atomic E-state index is -0.404. The number of fused-ring (bicyclic) bond motifs is 1. The molecule has 3 heterocycles. The average Bonchev–Trinajstić information content (AvgIpc) is 2.91. The monoisotopic (exact) mass is 299 g/mol. The van der Waals surface area contributed by atoms with Crippen molar-refractivity contribution in [3.63, 3.8) is 0 Å². The Bertz CT molecular complexity index is 866. The summed E-state index contributed by atoms with van der Waals surface area (Å²) in [6.07, 6.45) is 2.93. The van der Waals surface area contributed by atoms with E-state index in [4.69, 9.17) is 0 Å². The van der Waals surface area contributed by atoms with E-state index in [1.165, 1.54) is 10.6 Å². The summed E-state index contributed by atoms with van der Waals surface area (Å²) in [6.45, 7) is 2.41. The molecule has 3 rings (SSSR count). The van der Waals surface area contributed by atoms with Gasteiger partial charge in [-0.25, -0.2) is 4.98 Å². The normalized spacial score (nSPS) is 10.7. The number of nitrogens with one attached hydrogen (secondary N) is 1. The zero-order chi connectivity index (χ0) is 14.8. The summed E-state index contributed by atoms with van der Waals surface area (Å²) in [6, 6.07) is 7.24. The highest BCUT2D eigenvalue weighted by molar-refractivity contribution is 7.10. The minimum absolute atomic E-state index is 0.0490. The zero-order valence-corrected chi connectivity index (χ0v) is 12.2. The van der Waals surface area contributed by atoms with Crippen LogP contribution in [-0.4, -0.2) is 15.3 Å². The molecular formula is C15H13N3O2S. The molecule has 0 aliphatic rings. The molecule has 0 atom stereocenters. The standard InChI is InChI=1S/C15H13N3O2S/c1-10-5-7-21-12(10)9-17-14(19)11-8-16-13-4-2-3-6-18(13)15(11)20/h2-8H,9H2,1H3,(H,17,19). The van der Waals surface area contributed by atoms with Gasteiger partial charge >= 0.3 is 0 Å².